The number of nitrogens with zero attached hydrogens (tertiary/aromatic N) is 1. The van der Waals surface area contributed by atoms with Gasteiger partial charge in [0.1, 0.15) is 0 Å². The number of nitrogens with two attached hydrogens (primary N) is 1. The molecule has 5 heteroatoms. The van der Waals surface area contributed by atoms with Gasteiger partial charge in [-0.15, -0.1) is 0 Å². The summed E-state index contributed by atoms with van der Waals surface area (Å²) >= 11 is 0. The Morgan fingerprint density at radius 2 is 2.21 bits per heavy atom. The number of carbonyl (C=O) groups is 1. The Balaban J connectivity index is 1.83. The molecule has 1 fully saturated rings. The van der Waals surface area contributed by atoms with Crippen molar-refractivity contribution in [3.8, 4) is 0 Å². The van der Waals surface area contributed by atoms with Crippen molar-refractivity contribution in [3.63, 3.8) is 0 Å². The van der Waals surface area contributed by atoms with Crippen molar-refractivity contribution in [3.05, 3.63) is 24.3 Å². The Morgan fingerprint density at radius 3 is 2.89 bits per heavy atom. The number of amides is 1. The molecule has 0 atom stereocenters. The van der Waals surface area contributed by atoms with Crippen LogP contribution in [0.2, 0.25) is 0 Å². The molecule has 1 amide bonds. The smallest absolute Gasteiger partial charge is 0.238 e. The number of likely N-dealkylation sites (N-methyl/N-ethyl adjacent to an activating group) is 1. The molecule has 1 aromatic rings. The van der Waals surface area contributed by atoms with Crippen LogP contribution in [-0.2, 0) is 9.53 Å². The standard InChI is InChI=1S/C14H21N3O2/c1-17(13-5-7-19-8-6-13)10-14(18)16-12-4-2-3-11(15)9-12/h2-4,9,13H,5-8,10,15H2,1H3,(H,16,18). The normalized spacial score (nSPS) is 16.5. The summed E-state index contributed by atoms with van der Waals surface area (Å²) in [5, 5.41) is 2.86. The average Bonchev–Trinajstić information content (AvgIpc) is 2.39. The number of hydrogen-bond donors (Lipinski definition) is 2. The Bertz CT molecular complexity index is 430. The summed E-state index contributed by atoms with van der Waals surface area (Å²) in [6.45, 7) is 1.96. The van der Waals surface area contributed by atoms with Crippen LogP contribution in [0.25, 0.3) is 0 Å². The maximum Gasteiger partial charge on any atom is 0.238 e. The minimum Gasteiger partial charge on any atom is -0.399 e. The molecular formula is C14H21N3O2. The van der Waals surface area contributed by atoms with E-state index in [2.05, 4.69) is 10.2 Å². The number of anilines is 2. The highest BCUT2D eigenvalue weighted by atomic mass is 16.5. The van der Waals surface area contributed by atoms with E-state index in [1.807, 2.05) is 19.2 Å². The summed E-state index contributed by atoms with van der Waals surface area (Å²) in [5.74, 6) is -0.0143. The molecule has 19 heavy (non-hydrogen) atoms. The lowest BCUT2D eigenvalue weighted by Crippen LogP contribution is -2.41. The van der Waals surface area contributed by atoms with Crippen LogP contribution in [0.15, 0.2) is 24.3 Å². The molecular weight excluding hydrogens is 242 g/mol. The molecule has 0 aromatic heterocycles. The Labute approximate surface area is 113 Å². The molecule has 1 aromatic carbocycles. The largest absolute Gasteiger partial charge is 0.399 e. The molecule has 0 unspecified atom stereocenters. The molecule has 1 saturated heterocycles. The van der Waals surface area contributed by atoms with Crippen molar-refractivity contribution >= 4 is 17.3 Å². The van der Waals surface area contributed by atoms with Gasteiger partial charge in [-0.3, -0.25) is 9.69 Å². The van der Waals surface area contributed by atoms with Crippen molar-refractivity contribution in [1.82, 2.24) is 4.90 Å². The van der Waals surface area contributed by atoms with Gasteiger partial charge >= 0.3 is 0 Å². The predicted octanol–water partition coefficient (Wildman–Crippen LogP) is 1.32. The van der Waals surface area contributed by atoms with Crippen molar-refractivity contribution < 1.29 is 9.53 Å². The van der Waals surface area contributed by atoms with Gasteiger partial charge in [-0.2, -0.15) is 0 Å². The van der Waals surface area contributed by atoms with Gasteiger partial charge in [0.2, 0.25) is 5.91 Å². The molecule has 1 aliphatic rings. The van der Waals surface area contributed by atoms with Gasteiger partial charge in [-0.25, -0.2) is 0 Å². The molecule has 3 N–H and O–H groups in total. The average molecular weight is 263 g/mol. The second-order valence-electron chi connectivity index (χ2n) is 4.93. The molecule has 0 spiro atoms. The molecule has 1 aliphatic heterocycles. The second-order valence-corrected chi connectivity index (χ2v) is 4.93. The van der Waals surface area contributed by atoms with Gasteiger partial charge in [-0.05, 0) is 38.1 Å². The number of hydrogen-bond acceptors (Lipinski definition) is 4. The van der Waals surface area contributed by atoms with E-state index in [4.69, 9.17) is 10.5 Å². The summed E-state index contributed by atoms with van der Waals surface area (Å²) in [6, 6.07) is 7.65. The lowest BCUT2D eigenvalue weighted by molar-refractivity contribution is -0.118. The minimum absolute atomic E-state index is 0.0143. The number of benzene rings is 1. The maximum atomic E-state index is 12.0. The van der Waals surface area contributed by atoms with Gasteiger partial charge in [0.05, 0.1) is 6.54 Å². The fourth-order valence-electron chi connectivity index (χ4n) is 2.30. The zero-order valence-electron chi connectivity index (χ0n) is 11.3. The van der Waals surface area contributed by atoms with Gasteiger partial charge in [0, 0.05) is 30.6 Å². The number of ether oxygens (including phenoxy) is 1. The quantitative estimate of drug-likeness (QED) is 0.804. The molecule has 0 saturated carbocycles. The molecule has 2 rings (SSSR count). The number of rotatable bonds is 4. The second kappa shape index (κ2) is 6.54. The van der Waals surface area contributed by atoms with E-state index in [0.717, 1.165) is 31.7 Å². The molecule has 0 radical (unpaired) electrons. The summed E-state index contributed by atoms with van der Waals surface area (Å²) in [7, 11) is 1.98. The first kappa shape index (κ1) is 13.8. The summed E-state index contributed by atoms with van der Waals surface area (Å²) in [5.41, 5.74) is 7.07. The van der Waals surface area contributed by atoms with Crippen LogP contribution in [0.5, 0.6) is 0 Å². The predicted molar refractivity (Wildman–Crippen MR) is 76.0 cm³/mol. The van der Waals surface area contributed by atoms with Gasteiger partial charge in [-0.1, -0.05) is 6.07 Å². The van der Waals surface area contributed by atoms with E-state index in [1.54, 1.807) is 12.1 Å². The third kappa shape index (κ3) is 4.22. The molecule has 1 heterocycles. The van der Waals surface area contributed by atoms with E-state index in [0.29, 0.717) is 18.3 Å². The molecule has 104 valence electrons. The summed E-state index contributed by atoms with van der Waals surface area (Å²) in [6.07, 6.45) is 1.98. The highest BCUT2D eigenvalue weighted by molar-refractivity contribution is 5.92. The van der Waals surface area contributed by atoms with E-state index in [1.165, 1.54) is 0 Å². The Kier molecular flexibility index (Phi) is 4.76. The van der Waals surface area contributed by atoms with Crippen molar-refractivity contribution in [1.29, 1.82) is 0 Å². The van der Waals surface area contributed by atoms with Crippen LogP contribution in [-0.4, -0.2) is 43.7 Å². The van der Waals surface area contributed by atoms with Crippen molar-refractivity contribution in [2.75, 3.05) is 37.9 Å². The van der Waals surface area contributed by atoms with Crippen molar-refractivity contribution in [2.24, 2.45) is 0 Å². The highest BCUT2D eigenvalue weighted by Crippen LogP contribution is 2.14. The summed E-state index contributed by atoms with van der Waals surface area (Å²) in [4.78, 5) is 14.0. The number of nitrogens with one attached hydrogen (secondary N) is 1. The van der Waals surface area contributed by atoms with E-state index in [-0.39, 0.29) is 5.91 Å². The van der Waals surface area contributed by atoms with Crippen LogP contribution in [0.3, 0.4) is 0 Å². The first-order valence-electron chi connectivity index (χ1n) is 6.58. The Morgan fingerprint density at radius 1 is 1.47 bits per heavy atom. The molecule has 5 nitrogen and oxygen atoms in total. The Hall–Kier alpha value is -1.59. The summed E-state index contributed by atoms with van der Waals surface area (Å²) < 4.78 is 5.32. The molecule has 0 aliphatic carbocycles. The third-order valence-electron chi connectivity index (χ3n) is 3.38. The van der Waals surface area contributed by atoms with Crippen LogP contribution < -0.4 is 11.1 Å². The zero-order valence-corrected chi connectivity index (χ0v) is 11.3. The number of nitrogen functional groups attached to an aromatic ring is 1. The van der Waals surface area contributed by atoms with Crippen LogP contribution in [0, 0.1) is 0 Å². The topological polar surface area (TPSA) is 67.6 Å². The van der Waals surface area contributed by atoms with Gasteiger partial charge in [0.25, 0.3) is 0 Å². The van der Waals surface area contributed by atoms with E-state index < -0.39 is 0 Å². The van der Waals surface area contributed by atoms with Crippen LogP contribution in [0.4, 0.5) is 11.4 Å². The zero-order chi connectivity index (χ0) is 13.7. The molecule has 0 bridgehead atoms. The van der Waals surface area contributed by atoms with Crippen molar-refractivity contribution in [2.45, 2.75) is 18.9 Å². The fraction of sp³-hybridized carbons (Fsp3) is 0.500. The van der Waals surface area contributed by atoms with E-state index in [9.17, 15) is 4.79 Å². The van der Waals surface area contributed by atoms with Gasteiger partial charge < -0.3 is 15.8 Å². The first-order chi connectivity index (χ1) is 9.15. The fourth-order valence-corrected chi connectivity index (χ4v) is 2.30. The minimum atomic E-state index is -0.0143. The number of carbonyl (C=O) groups excluding carboxylic acids is 1. The van der Waals surface area contributed by atoms with Crippen LogP contribution >= 0.6 is 0 Å². The lowest BCUT2D eigenvalue weighted by atomic mass is 10.1. The SMILES string of the molecule is CN(CC(=O)Nc1cccc(N)c1)C1CCOCC1. The first-order valence-corrected chi connectivity index (χ1v) is 6.58. The van der Waals surface area contributed by atoms with Crippen LogP contribution in [0.1, 0.15) is 12.8 Å². The lowest BCUT2D eigenvalue weighted by Gasteiger charge is -2.30. The monoisotopic (exact) mass is 263 g/mol. The highest BCUT2D eigenvalue weighted by Gasteiger charge is 2.20. The third-order valence-corrected chi connectivity index (χ3v) is 3.38. The maximum absolute atomic E-state index is 12.0. The van der Waals surface area contributed by atoms with Gasteiger partial charge in [0.15, 0.2) is 0 Å². The van der Waals surface area contributed by atoms with E-state index >= 15 is 0 Å².